The van der Waals surface area contributed by atoms with E-state index in [2.05, 4.69) is 26.1 Å². The van der Waals surface area contributed by atoms with Crippen LogP contribution < -0.4 is 11.1 Å². The van der Waals surface area contributed by atoms with Gasteiger partial charge >= 0.3 is 0 Å². The van der Waals surface area contributed by atoms with Gasteiger partial charge in [0.15, 0.2) is 0 Å². The number of halogens is 2. The molecule has 102 valence electrons. The maximum Gasteiger partial charge on any atom is 0.0693 e. The lowest BCUT2D eigenvalue weighted by atomic mass is 9.89. The Balaban J connectivity index is 2.80. The largest absolute Gasteiger partial charge is 0.396 e. The molecule has 0 spiro atoms. The topological polar surface area (TPSA) is 38.0 Å². The van der Waals surface area contributed by atoms with Gasteiger partial charge in [0.25, 0.3) is 0 Å². The molecule has 0 heterocycles. The van der Waals surface area contributed by atoms with E-state index < -0.39 is 0 Å². The van der Waals surface area contributed by atoms with E-state index >= 15 is 0 Å². The minimum absolute atomic E-state index is 0.195. The molecule has 0 atom stereocenters. The number of rotatable bonds is 6. The first-order chi connectivity index (χ1) is 8.48. The van der Waals surface area contributed by atoms with Crippen molar-refractivity contribution in [3.05, 3.63) is 27.7 Å². The lowest BCUT2D eigenvalue weighted by Gasteiger charge is -2.32. The molecule has 1 rings (SSSR count). The van der Waals surface area contributed by atoms with Crippen molar-refractivity contribution in [1.29, 1.82) is 0 Å². The summed E-state index contributed by atoms with van der Waals surface area (Å²) in [5, 5.41) is 4.66. The van der Waals surface area contributed by atoms with Gasteiger partial charge < -0.3 is 11.1 Å². The van der Waals surface area contributed by atoms with Crippen molar-refractivity contribution in [2.24, 2.45) is 0 Å². The molecule has 0 aromatic heterocycles. The average molecular weight is 289 g/mol. The van der Waals surface area contributed by atoms with Crippen molar-refractivity contribution in [2.45, 2.75) is 52.1 Å². The van der Waals surface area contributed by atoms with E-state index in [-0.39, 0.29) is 5.54 Å². The molecule has 3 N–H and O–H groups in total. The van der Waals surface area contributed by atoms with E-state index in [9.17, 15) is 0 Å². The molecule has 18 heavy (non-hydrogen) atoms. The Morgan fingerprint density at radius 2 is 1.50 bits per heavy atom. The Morgan fingerprint density at radius 3 is 1.89 bits per heavy atom. The van der Waals surface area contributed by atoms with E-state index in [1.54, 1.807) is 0 Å². The highest BCUT2D eigenvalue weighted by molar-refractivity contribution is 6.38. The molecule has 0 aliphatic heterocycles. The van der Waals surface area contributed by atoms with Gasteiger partial charge in [-0.25, -0.2) is 0 Å². The number of anilines is 1. The molecule has 1 aromatic rings. The molecule has 0 aliphatic carbocycles. The lowest BCUT2D eigenvalue weighted by molar-refractivity contribution is 0.288. The highest BCUT2D eigenvalue weighted by atomic mass is 35.5. The van der Waals surface area contributed by atoms with E-state index in [1.807, 2.05) is 12.1 Å². The van der Waals surface area contributed by atoms with Crippen LogP contribution in [0, 0.1) is 0 Å². The molecule has 0 radical (unpaired) electrons. The molecule has 0 fully saturated rings. The molecular weight excluding hydrogens is 267 g/mol. The summed E-state index contributed by atoms with van der Waals surface area (Å²) in [6.45, 7) is 7.39. The van der Waals surface area contributed by atoms with Gasteiger partial charge in [-0.15, -0.1) is 0 Å². The Kier molecular flexibility index (Phi) is 5.77. The van der Waals surface area contributed by atoms with Crippen LogP contribution in [0.3, 0.4) is 0 Å². The number of nitrogens with two attached hydrogens (primary N) is 1. The number of nitrogens with one attached hydrogen (secondary N) is 1. The van der Waals surface area contributed by atoms with Crippen molar-refractivity contribution < 1.29 is 0 Å². The van der Waals surface area contributed by atoms with Gasteiger partial charge in [0, 0.05) is 12.1 Å². The van der Waals surface area contributed by atoms with Crippen LogP contribution in [0.5, 0.6) is 0 Å². The number of nitrogen functional groups attached to an aromatic ring is 1. The summed E-state index contributed by atoms with van der Waals surface area (Å²) in [6.07, 6.45) is 3.32. The molecule has 0 amide bonds. The number of hydrogen-bond donors (Lipinski definition) is 2. The normalized spacial score (nSPS) is 11.8. The fraction of sp³-hybridized carbons (Fsp3) is 0.571. The molecule has 4 heteroatoms. The summed E-state index contributed by atoms with van der Waals surface area (Å²) in [7, 11) is 0. The standard InChI is InChI=1S/C14H22Cl2N2/c1-4-14(5-2,6-3)18-9-10-7-11(15)13(17)12(16)8-10/h7-8,18H,4-6,9,17H2,1-3H3. The van der Waals surface area contributed by atoms with Crippen molar-refractivity contribution >= 4 is 28.9 Å². The third-order valence-electron chi connectivity index (χ3n) is 3.84. The zero-order chi connectivity index (χ0) is 13.8. The number of benzene rings is 1. The molecule has 0 bridgehead atoms. The van der Waals surface area contributed by atoms with E-state index in [0.717, 1.165) is 31.4 Å². The van der Waals surface area contributed by atoms with Crippen LogP contribution in [0.4, 0.5) is 5.69 Å². The van der Waals surface area contributed by atoms with Crippen LogP contribution in [0.1, 0.15) is 45.6 Å². The van der Waals surface area contributed by atoms with Gasteiger partial charge in [0.1, 0.15) is 0 Å². The van der Waals surface area contributed by atoms with Crippen molar-refractivity contribution in [2.75, 3.05) is 5.73 Å². The first-order valence-electron chi connectivity index (χ1n) is 6.46. The number of hydrogen-bond acceptors (Lipinski definition) is 2. The second-order valence-corrected chi connectivity index (χ2v) is 5.48. The monoisotopic (exact) mass is 288 g/mol. The average Bonchev–Trinajstić information content (AvgIpc) is 2.38. The Bertz CT molecular complexity index is 370. The van der Waals surface area contributed by atoms with Crippen LogP contribution >= 0.6 is 23.2 Å². The van der Waals surface area contributed by atoms with Crippen LogP contribution in [-0.2, 0) is 6.54 Å². The highest BCUT2D eigenvalue weighted by Gasteiger charge is 2.22. The Labute approximate surface area is 120 Å². The predicted octanol–water partition coefficient (Wildman–Crippen LogP) is 4.63. The maximum absolute atomic E-state index is 6.03. The van der Waals surface area contributed by atoms with Gasteiger partial charge in [-0.3, -0.25) is 0 Å². The van der Waals surface area contributed by atoms with Crippen LogP contribution in [0.2, 0.25) is 10.0 Å². The van der Waals surface area contributed by atoms with Gasteiger partial charge in [-0.05, 0) is 37.0 Å². The van der Waals surface area contributed by atoms with Gasteiger partial charge in [-0.1, -0.05) is 44.0 Å². The van der Waals surface area contributed by atoms with Crippen molar-refractivity contribution in [1.82, 2.24) is 5.32 Å². The molecule has 0 unspecified atom stereocenters. The summed E-state index contributed by atoms with van der Waals surface area (Å²) in [5.41, 5.74) is 7.44. The van der Waals surface area contributed by atoms with E-state index in [0.29, 0.717) is 15.7 Å². The van der Waals surface area contributed by atoms with Crippen LogP contribution in [0.15, 0.2) is 12.1 Å². The van der Waals surface area contributed by atoms with Crippen molar-refractivity contribution in [3.8, 4) is 0 Å². The SMILES string of the molecule is CCC(CC)(CC)NCc1cc(Cl)c(N)c(Cl)c1. The Hall–Kier alpha value is -0.440. The van der Waals surface area contributed by atoms with Gasteiger partial charge in [0.05, 0.1) is 15.7 Å². The second-order valence-electron chi connectivity index (χ2n) is 4.67. The van der Waals surface area contributed by atoms with Gasteiger partial charge in [-0.2, -0.15) is 0 Å². The first kappa shape index (κ1) is 15.6. The molecule has 1 aromatic carbocycles. The van der Waals surface area contributed by atoms with Crippen LogP contribution in [-0.4, -0.2) is 5.54 Å². The lowest BCUT2D eigenvalue weighted by Crippen LogP contribution is -2.43. The quantitative estimate of drug-likeness (QED) is 0.749. The Morgan fingerprint density at radius 1 is 1.06 bits per heavy atom. The zero-order valence-corrected chi connectivity index (χ0v) is 12.8. The molecule has 0 aliphatic rings. The minimum atomic E-state index is 0.195. The smallest absolute Gasteiger partial charge is 0.0693 e. The third kappa shape index (κ3) is 3.53. The summed E-state index contributed by atoms with van der Waals surface area (Å²) in [6, 6.07) is 3.75. The van der Waals surface area contributed by atoms with Gasteiger partial charge in [0.2, 0.25) is 0 Å². The summed E-state index contributed by atoms with van der Waals surface area (Å²) < 4.78 is 0. The molecular formula is C14H22Cl2N2. The van der Waals surface area contributed by atoms with Crippen molar-refractivity contribution in [3.63, 3.8) is 0 Å². The van der Waals surface area contributed by atoms with Crippen LogP contribution in [0.25, 0.3) is 0 Å². The zero-order valence-electron chi connectivity index (χ0n) is 11.3. The summed E-state index contributed by atoms with van der Waals surface area (Å²) >= 11 is 12.1. The van der Waals surface area contributed by atoms with E-state index in [1.165, 1.54) is 0 Å². The third-order valence-corrected chi connectivity index (χ3v) is 4.46. The molecule has 0 saturated heterocycles. The fourth-order valence-corrected chi connectivity index (χ4v) is 2.69. The second kappa shape index (κ2) is 6.65. The van der Waals surface area contributed by atoms with E-state index in [4.69, 9.17) is 28.9 Å². The highest BCUT2D eigenvalue weighted by Crippen LogP contribution is 2.29. The maximum atomic E-state index is 6.03. The summed E-state index contributed by atoms with van der Waals surface area (Å²) in [4.78, 5) is 0. The summed E-state index contributed by atoms with van der Waals surface area (Å²) in [5.74, 6) is 0. The molecule has 0 saturated carbocycles. The minimum Gasteiger partial charge on any atom is -0.396 e. The molecule has 2 nitrogen and oxygen atoms in total. The predicted molar refractivity (Wildman–Crippen MR) is 81.3 cm³/mol. The first-order valence-corrected chi connectivity index (χ1v) is 7.22. The fourth-order valence-electron chi connectivity index (χ4n) is 2.15.